The molecule has 0 fully saturated rings. The highest BCUT2D eigenvalue weighted by molar-refractivity contribution is 6.18. The van der Waals surface area contributed by atoms with Crippen LogP contribution in [0.2, 0.25) is 0 Å². The Kier molecular flexibility index (Phi) is 8.04. The topological polar surface area (TPSA) is 92.4 Å². The fourth-order valence-corrected chi connectivity index (χ4v) is 1.27. The molecule has 6 heteroatoms. The van der Waals surface area contributed by atoms with E-state index in [4.69, 9.17) is 22.4 Å². The molecule has 0 spiro atoms. The maximum absolute atomic E-state index is 11.1. The monoisotopic (exact) mass is 236 g/mol. The van der Waals surface area contributed by atoms with E-state index in [9.17, 15) is 9.59 Å². The summed E-state index contributed by atoms with van der Waals surface area (Å²) in [6.45, 7) is 0.530. The second kappa shape index (κ2) is 8.49. The van der Waals surface area contributed by atoms with E-state index >= 15 is 0 Å². The number of amides is 1. The summed E-state index contributed by atoms with van der Waals surface area (Å²) in [5, 5.41) is 11.2. The minimum Gasteiger partial charge on any atom is -0.480 e. The lowest BCUT2D eigenvalue weighted by Crippen LogP contribution is -2.40. The molecule has 0 saturated heterocycles. The van der Waals surface area contributed by atoms with Crippen molar-refractivity contribution in [1.29, 1.82) is 0 Å². The summed E-state index contributed by atoms with van der Waals surface area (Å²) in [6.07, 6.45) is 1.99. The standard InChI is InChI=1S/C9H17ClN2O3/c10-5-4-8(13)12-7(9(14)15)3-1-2-6-11/h7H,1-6,11H2,(H,12,13)(H,14,15)/t7-/m0/s1. The van der Waals surface area contributed by atoms with E-state index in [-0.39, 0.29) is 18.2 Å². The molecule has 0 radical (unpaired) electrons. The molecule has 5 nitrogen and oxygen atoms in total. The molecule has 0 aliphatic heterocycles. The highest BCUT2D eigenvalue weighted by Crippen LogP contribution is 2.01. The van der Waals surface area contributed by atoms with Crippen molar-refractivity contribution in [2.75, 3.05) is 12.4 Å². The number of nitrogens with one attached hydrogen (secondary N) is 1. The normalized spacial score (nSPS) is 12.1. The van der Waals surface area contributed by atoms with Crippen LogP contribution in [0, 0.1) is 0 Å². The van der Waals surface area contributed by atoms with Gasteiger partial charge in [-0.2, -0.15) is 0 Å². The lowest BCUT2D eigenvalue weighted by Gasteiger charge is -2.13. The van der Waals surface area contributed by atoms with Crippen LogP contribution in [-0.2, 0) is 9.59 Å². The zero-order chi connectivity index (χ0) is 11.7. The number of carboxylic acid groups (broad SMARTS) is 1. The number of unbranched alkanes of at least 4 members (excludes halogenated alkanes) is 1. The van der Waals surface area contributed by atoms with Gasteiger partial charge >= 0.3 is 5.97 Å². The lowest BCUT2D eigenvalue weighted by molar-refractivity contribution is -0.142. The van der Waals surface area contributed by atoms with Crippen molar-refractivity contribution in [2.24, 2.45) is 5.73 Å². The van der Waals surface area contributed by atoms with E-state index in [1.807, 2.05) is 0 Å². The summed E-state index contributed by atoms with van der Waals surface area (Å²) in [6, 6.07) is -0.827. The Hall–Kier alpha value is -0.810. The van der Waals surface area contributed by atoms with Gasteiger partial charge in [-0.15, -0.1) is 11.6 Å². The second-order valence-corrected chi connectivity index (χ2v) is 3.56. The van der Waals surface area contributed by atoms with E-state index in [0.29, 0.717) is 19.4 Å². The first-order chi connectivity index (χ1) is 7.11. The number of halogens is 1. The van der Waals surface area contributed by atoms with Crippen LogP contribution >= 0.6 is 11.6 Å². The van der Waals surface area contributed by atoms with Crippen molar-refractivity contribution in [2.45, 2.75) is 31.7 Å². The highest BCUT2D eigenvalue weighted by atomic mass is 35.5. The van der Waals surface area contributed by atoms with Gasteiger partial charge in [0, 0.05) is 12.3 Å². The molecule has 0 rings (SSSR count). The van der Waals surface area contributed by atoms with Crippen LogP contribution < -0.4 is 11.1 Å². The Morgan fingerprint density at radius 3 is 2.53 bits per heavy atom. The fourth-order valence-electron chi connectivity index (χ4n) is 1.10. The molecule has 0 heterocycles. The van der Waals surface area contributed by atoms with Gasteiger partial charge in [0.15, 0.2) is 0 Å². The smallest absolute Gasteiger partial charge is 0.326 e. The molecule has 0 aliphatic carbocycles. The Balaban J connectivity index is 3.93. The van der Waals surface area contributed by atoms with Crippen LogP contribution in [0.4, 0.5) is 0 Å². The molecule has 0 aromatic carbocycles. The molecular weight excluding hydrogens is 220 g/mol. The molecule has 4 N–H and O–H groups in total. The number of hydrogen-bond acceptors (Lipinski definition) is 3. The summed E-state index contributed by atoms with van der Waals surface area (Å²) in [7, 11) is 0. The Bertz CT molecular complexity index is 212. The molecule has 88 valence electrons. The zero-order valence-corrected chi connectivity index (χ0v) is 9.29. The molecule has 0 aromatic heterocycles. The predicted molar refractivity (Wildman–Crippen MR) is 57.8 cm³/mol. The molecule has 0 aromatic rings. The third kappa shape index (κ3) is 7.16. The zero-order valence-electron chi connectivity index (χ0n) is 8.54. The summed E-state index contributed by atoms with van der Waals surface area (Å²) in [5.41, 5.74) is 5.29. The number of carbonyl (C=O) groups excluding carboxylic acids is 1. The van der Waals surface area contributed by atoms with E-state index in [0.717, 1.165) is 6.42 Å². The number of carbonyl (C=O) groups is 2. The van der Waals surface area contributed by atoms with Crippen LogP contribution in [0.1, 0.15) is 25.7 Å². The second-order valence-electron chi connectivity index (χ2n) is 3.18. The Morgan fingerprint density at radius 2 is 2.07 bits per heavy atom. The van der Waals surface area contributed by atoms with Crippen molar-refractivity contribution in [3.63, 3.8) is 0 Å². The average molecular weight is 237 g/mol. The average Bonchev–Trinajstić information content (AvgIpc) is 2.16. The summed E-state index contributed by atoms with van der Waals surface area (Å²) in [5.74, 6) is -1.15. The van der Waals surface area contributed by atoms with Gasteiger partial charge in [-0.25, -0.2) is 4.79 Å². The van der Waals surface area contributed by atoms with E-state index in [1.165, 1.54) is 0 Å². The maximum atomic E-state index is 11.1. The lowest BCUT2D eigenvalue weighted by atomic mass is 10.1. The largest absolute Gasteiger partial charge is 0.480 e. The van der Waals surface area contributed by atoms with Crippen molar-refractivity contribution in [3.05, 3.63) is 0 Å². The summed E-state index contributed by atoms with van der Waals surface area (Å²) in [4.78, 5) is 21.9. The van der Waals surface area contributed by atoms with Crippen molar-refractivity contribution in [3.8, 4) is 0 Å². The molecule has 1 amide bonds. The van der Waals surface area contributed by atoms with Gasteiger partial charge in [-0.3, -0.25) is 4.79 Å². The first kappa shape index (κ1) is 14.2. The number of nitrogens with two attached hydrogens (primary N) is 1. The van der Waals surface area contributed by atoms with E-state index in [1.54, 1.807) is 0 Å². The van der Waals surface area contributed by atoms with Gasteiger partial charge in [0.2, 0.25) is 5.91 Å². The number of aliphatic carboxylic acids is 1. The number of hydrogen-bond donors (Lipinski definition) is 3. The molecule has 0 unspecified atom stereocenters. The molecule has 0 aliphatic rings. The molecule has 1 atom stereocenters. The quantitative estimate of drug-likeness (QED) is 0.418. The van der Waals surface area contributed by atoms with Crippen molar-refractivity contribution >= 4 is 23.5 Å². The third-order valence-corrected chi connectivity index (χ3v) is 2.09. The molecule has 0 bridgehead atoms. The molecule has 15 heavy (non-hydrogen) atoms. The predicted octanol–water partition coefficient (Wildman–Crippen LogP) is 0.314. The highest BCUT2D eigenvalue weighted by Gasteiger charge is 2.18. The van der Waals surface area contributed by atoms with Crippen molar-refractivity contribution in [1.82, 2.24) is 5.32 Å². The number of alkyl halides is 1. The first-order valence-corrected chi connectivity index (χ1v) is 5.43. The van der Waals surface area contributed by atoms with Crippen molar-refractivity contribution < 1.29 is 14.7 Å². The van der Waals surface area contributed by atoms with Crippen LogP contribution in [0.5, 0.6) is 0 Å². The van der Waals surface area contributed by atoms with E-state index in [2.05, 4.69) is 5.32 Å². The first-order valence-electron chi connectivity index (χ1n) is 4.90. The van der Waals surface area contributed by atoms with Gasteiger partial charge in [-0.1, -0.05) is 0 Å². The van der Waals surface area contributed by atoms with Crippen LogP contribution in [0.25, 0.3) is 0 Å². The summed E-state index contributed by atoms with van der Waals surface area (Å²) < 4.78 is 0. The van der Waals surface area contributed by atoms with Crippen LogP contribution in [0.15, 0.2) is 0 Å². The molecular formula is C9H17ClN2O3. The Morgan fingerprint density at radius 1 is 1.40 bits per heavy atom. The van der Waals surface area contributed by atoms with Gasteiger partial charge in [-0.05, 0) is 25.8 Å². The summed E-state index contributed by atoms with van der Waals surface area (Å²) >= 11 is 5.36. The van der Waals surface area contributed by atoms with Gasteiger partial charge in [0.1, 0.15) is 6.04 Å². The van der Waals surface area contributed by atoms with Crippen LogP contribution in [-0.4, -0.2) is 35.4 Å². The minimum atomic E-state index is -1.02. The van der Waals surface area contributed by atoms with E-state index < -0.39 is 12.0 Å². The number of carboxylic acids is 1. The molecule has 0 saturated carbocycles. The number of rotatable bonds is 8. The van der Waals surface area contributed by atoms with Crippen LogP contribution in [0.3, 0.4) is 0 Å². The third-order valence-electron chi connectivity index (χ3n) is 1.90. The maximum Gasteiger partial charge on any atom is 0.326 e. The SMILES string of the molecule is NCCCC[C@H](NC(=O)CCCl)C(=O)O. The Labute approximate surface area is 94.0 Å². The van der Waals surface area contributed by atoms with Gasteiger partial charge < -0.3 is 16.2 Å². The van der Waals surface area contributed by atoms with Gasteiger partial charge in [0.25, 0.3) is 0 Å². The van der Waals surface area contributed by atoms with Gasteiger partial charge in [0.05, 0.1) is 0 Å². The minimum absolute atomic E-state index is 0.141. The fraction of sp³-hybridized carbons (Fsp3) is 0.778.